The average Bonchev–Trinajstić information content (AvgIpc) is 3.00. The molecule has 0 aliphatic carbocycles. The van der Waals surface area contributed by atoms with Gasteiger partial charge in [0.2, 0.25) is 0 Å². The van der Waals surface area contributed by atoms with Crippen molar-refractivity contribution in [3.05, 3.63) is 48.2 Å². The average molecular weight is 298 g/mol. The van der Waals surface area contributed by atoms with Crippen molar-refractivity contribution in [2.24, 2.45) is 0 Å². The Balaban J connectivity index is 2.02. The summed E-state index contributed by atoms with van der Waals surface area (Å²) in [5.74, 6) is 0.157. The van der Waals surface area contributed by atoms with Gasteiger partial charge >= 0.3 is 5.97 Å². The molecule has 114 valence electrons. The molecule has 1 atom stereocenters. The molecule has 1 aliphatic rings. The number of methoxy groups -OCH3 is 1. The number of aliphatic hydroxyl groups is 1. The summed E-state index contributed by atoms with van der Waals surface area (Å²) in [7, 11) is 1.36. The summed E-state index contributed by atoms with van der Waals surface area (Å²) >= 11 is 0. The second kappa shape index (κ2) is 6.15. The Morgan fingerprint density at radius 1 is 1.32 bits per heavy atom. The molecule has 0 spiro atoms. The van der Waals surface area contributed by atoms with Crippen LogP contribution in [0.25, 0.3) is 11.1 Å². The molecule has 1 saturated heterocycles. The van der Waals surface area contributed by atoms with Crippen LogP contribution in [-0.4, -0.2) is 42.4 Å². The molecule has 0 amide bonds. The number of hydrogen-bond acceptors (Lipinski definition) is 5. The van der Waals surface area contributed by atoms with Crippen LogP contribution in [0, 0.1) is 0 Å². The van der Waals surface area contributed by atoms with Crippen molar-refractivity contribution < 1.29 is 14.6 Å². The molecule has 0 radical (unpaired) electrons. The topological polar surface area (TPSA) is 62.7 Å². The first-order valence-corrected chi connectivity index (χ1v) is 7.26. The molecule has 1 N–H and O–H groups in total. The summed E-state index contributed by atoms with van der Waals surface area (Å²) < 4.78 is 4.89. The molecule has 5 heteroatoms. The Morgan fingerprint density at radius 2 is 2.09 bits per heavy atom. The molecule has 22 heavy (non-hydrogen) atoms. The number of aliphatic hydroxyl groups excluding tert-OH is 1. The van der Waals surface area contributed by atoms with E-state index in [9.17, 15) is 9.90 Å². The number of anilines is 1. The number of ether oxygens (including phenoxy) is 1. The van der Waals surface area contributed by atoms with Gasteiger partial charge in [0, 0.05) is 24.8 Å². The first-order valence-electron chi connectivity index (χ1n) is 7.26. The normalized spacial score (nSPS) is 17.5. The van der Waals surface area contributed by atoms with E-state index in [2.05, 4.69) is 4.98 Å². The van der Waals surface area contributed by atoms with Crippen LogP contribution in [0.1, 0.15) is 16.8 Å². The number of rotatable bonds is 3. The van der Waals surface area contributed by atoms with Crippen molar-refractivity contribution in [3.8, 4) is 11.1 Å². The minimum atomic E-state index is -0.415. The van der Waals surface area contributed by atoms with Crippen LogP contribution in [-0.2, 0) is 4.74 Å². The van der Waals surface area contributed by atoms with Crippen LogP contribution in [0.15, 0.2) is 42.6 Å². The van der Waals surface area contributed by atoms with Gasteiger partial charge in [-0.25, -0.2) is 9.78 Å². The van der Waals surface area contributed by atoms with Crippen molar-refractivity contribution >= 4 is 11.8 Å². The Labute approximate surface area is 129 Å². The van der Waals surface area contributed by atoms with Crippen LogP contribution in [0.5, 0.6) is 0 Å². The van der Waals surface area contributed by atoms with Gasteiger partial charge in [-0.2, -0.15) is 0 Å². The van der Waals surface area contributed by atoms with Gasteiger partial charge < -0.3 is 14.7 Å². The standard InChI is InChI=1S/C17H18N2O3/c1-22-17(21)15-9-13(12-5-3-2-4-6-12)10-18-16(15)19-8-7-14(20)11-19/h2-6,9-10,14,20H,7-8,11H2,1H3. The summed E-state index contributed by atoms with van der Waals surface area (Å²) in [6.07, 6.45) is 2.06. The lowest BCUT2D eigenvalue weighted by atomic mass is 10.1. The molecule has 0 saturated carbocycles. The van der Waals surface area contributed by atoms with E-state index in [1.807, 2.05) is 35.2 Å². The highest BCUT2D eigenvalue weighted by Crippen LogP contribution is 2.28. The third kappa shape index (κ3) is 2.80. The van der Waals surface area contributed by atoms with Crippen LogP contribution in [0.4, 0.5) is 5.82 Å². The largest absolute Gasteiger partial charge is 0.465 e. The van der Waals surface area contributed by atoms with Crippen molar-refractivity contribution in [1.82, 2.24) is 4.98 Å². The highest BCUT2D eigenvalue weighted by atomic mass is 16.5. The Morgan fingerprint density at radius 3 is 2.73 bits per heavy atom. The first kappa shape index (κ1) is 14.5. The monoisotopic (exact) mass is 298 g/mol. The fourth-order valence-corrected chi connectivity index (χ4v) is 2.69. The molecule has 3 rings (SSSR count). The number of nitrogens with zero attached hydrogens (tertiary/aromatic N) is 2. The first-order chi connectivity index (χ1) is 10.7. The second-order valence-corrected chi connectivity index (χ2v) is 5.34. The molecule has 2 aromatic rings. The van der Waals surface area contributed by atoms with Crippen molar-refractivity contribution in [1.29, 1.82) is 0 Å². The fraction of sp³-hybridized carbons (Fsp3) is 0.294. The highest BCUT2D eigenvalue weighted by Gasteiger charge is 2.26. The lowest BCUT2D eigenvalue weighted by Crippen LogP contribution is -2.25. The number of esters is 1. The minimum Gasteiger partial charge on any atom is -0.465 e. The van der Waals surface area contributed by atoms with Gasteiger partial charge in [0.15, 0.2) is 0 Å². The molecule has 1 unspecified atom stereocenters. The van der Waals surface area contributed by atoms with Crippen LogP contribution < -0.4 is 4.90 Å². The van der Waals surface area contributed by atoms with E-state index >= 15 is 0 Å². The van der Waals surface area contributed by atoms with Gasteiger partial charge in [-0.15, -0.1) is 0 Å². The van der Waals surface area contributed by atoms with E-state index in [1.54, 1.807) is 12.3 Å². The maximum atomic E-state index is 12.1. The number of carbonyl (C=O) groups is 1. The quantitative estimate of drug-likeness (QED) is 0.879. The second-order valence-electron chi connectivity index (χ2n) is 5.34. The van der Waals surface area contributed by atoms with E-state index in [0.717, 1.165) is 11.1 Å². The fourth-order valence-electron chi connectivity index (χ4n) is 2.69. The number of carbonyl (C=O) groups excluding carboxylic acids is 1. The Hall–Kier alpha value is -2.40. The Kier molecular flexibility index (Phi) is 4.06. The maximum Gasteiger partial charge on any atom is 0.341 e. The number of pyridine rings is 1. The SMILES string of the molecule is COC(=O)c1cc(-c2ccccc2)cnc1N1CCC(O)C1. The molecule has 1 aromatic heterocycles. The molecule has 0 bridgehead atoms. The molecule has 1 fully saturated rings. The van der Waals surface area contributed by atoms with Gasteiger partial charge in [0.1, 0.15) is 11.4 Å². The number of hydrogen-bond donors (Lipinski definition) is 1. The zero-order chi connectivity index (χ0) is 15.5. The smallest absolute Gasteiger partial charge is 0.341 e. The van der Waals surface area contributed by atoms with Gasteiger partial charge in [0.05, 0.1) is 13.2 Å². The van der Waals surface area contributed by atoms with Crippen LogP contribution in [0.3, 0.4) is 0 Å². The summed E-state index contributed by atoms with van der Waals surface area (Å²) in [6, 6.07) is 11.6. The van der Waals surface area contributed by atoms with E-state index in [0.29, 0.717) is 30.9 Å². The predicted molar refractivity (Wildman–Crippen MR) is 83.8 cm³/mol. The van der Waals surface area contributed by atoms with Crippen LogP contribution >= 0.6 is 0 Å². The van der Waals surface area contributed by atoms with Crippen molar-refractivity contribution in [3.63, 3.8) is 0 Å². The third-order valence-corrected chi connectivity index (χ3v) is 3.84. The zero-order valence-corrected chi connectivity index (χ0v) is 12.4. The van der Waals surface area contributed by atoms with E-state index < -0.39 is 5.97 Å². The van der Waals surface area contributed by atoms with Gasteiger partial charge in [-0.05, 0) is 18.1 Å². The van der Waals surface area contributed by atoms with Crippen molar-refractivity contribution in [2.75, 3.05) is 25.1 Å². The summed E-state index contributed by atoms with van der Waals surface area (Å²) in [4.78, 5) is 18.5. The number of benzene rings is 1. The zero-order valence-electron chi connectivity index (χ0n) is 12.4. The van der Waals surface area contributed by atoms with Gasteiger partial charge in [-0.3, -0.25) is 0 Å². The third-order valence-electron chi connectivity index (χ3n) is 3.84. The maximum absolute atomic E-state index is 12.1. The van der Waals surface area contributed by atoms with E-state index in [-0.39, 0.29) is 6.10 Å². The molecule has 2 heterocycles. The predicted octanol–water partition coefficient (Wildman–Crippen LogP) is 2.11. The summed E-state index contributed by atoms with van der Waals surface area (Å²) in [5, 5.41) is 9.69. The van der Waals surface area contributed by atoms with Crippen LogP contribution in [0.2, 0.25) is 0 Å². The molecule has 1 aliphatic heterocycles. The lowest BCUT2D eigenvalue weighted by molar-refractivity contribution is 0.0601. The van der Waals surface area contributed by atoms with Gasteiger partial charge in [-0.1, -0.05) is 30.3 Å². The number of aromatic nitrogens is 1. The Bertz CT molecular complexity index is 673. The lowest BCUT2D eigenvalue weighted by Gasteiger charge is -2.19. The van der Waals surface area contributed by atoms with E-state index in [1.165, 1.54) is 7.11 Å². The molecule has 1 aromatic carbocycles. The van der Waals surface area contributed by atoms with Crippen molar-refractivity contribution in [2.45, 2.75) is 12.5 Å². The van der Waals surface area contributed by atoms with E-state index in [4.69, 9.17) is 4.74 Å². The summed E-state index contributed by atoms with van der Waals surface area (Å²) in [5.41, 5.74) is 2.29. The van der Waals surface area contributed by atoms with Gasteiger partial charge in [0.25, 0.3) is 0 Å². The highest BCUT2D eigenvalue weighted by molar-refractivity contribution is 5.96. The molecule has 5 nitrogen and oxygen atoms in total. The summed E-state index contributed by atoms with van der Waals surface area (Å²) in [6.45, 7) is 1.17. The molecular formula is C17H18N2O3. The minimum absolute atomic E-state index is 0.374. The number of β-amino-alcohol motifs (C(OH)–C–C–N with tert-alkyl or cyclic N) is 1. The molecular weight excluding hydrogens is 280 g/mol.